The smallest absolute Gasteiger partial charge is 0.293 e. The molecule has 5 nitrogen and oxygen atoms in total. The Hall–Kier alpha value is -3.28. The first-order chi connectivity index (χ1) is 12.8. The zero-order chi connectivity index (χ0) is 20.0. The van der Waals surface area contributed by atoms with E-state index in [1.807, 2.05) is 13.0 Å². The first kappa shape index (κ1) is 20.0. The lowest BCUT2D eigenvalue weighted by atomic mass is 10.1. The highest BCUT2D eigenvalue weighted by Gasteiger charge is 2.34. The Morgan fingerprint density at radius 1 is 1.41 bits per heavy atom. The third-order valence-electron chi connectivity index (χ3n) is 3.53. The Balaban J connectivity index is 2.69. The van der Waals surface area contributed by atoms with E-state index in [4.69, 9.17) is 5.26 Å². The van der Waals surface area contributed by atoms with Gasteiger partial charge in [0.1, 0.15) is 17.5 Å². The summed E-state index contributed by atoms with van der Waals surface area (Å²) in [5.41, 5.74) is -0.982. The molecule has 0 aliphatic carbocycles. The minimum Gasteiger partial charge on any atom is -0.293 e. The normalized spacial score (nSPS) is 12.4. The van der Waals surface area contributed by atoms with E-state index in [9.17, 15) is 17.6 Å². The molecule has 140 valence electrons. The van der Waals surface area contributed by atoms with Gasteiger partial charge in [-0.15, -0.1) is 0 Å². The van der Waals surface area contributed by atoms with Crippen molar-refractivity contribution in [1.82, 2.24) is 9.55 Å². The number of aromatic nitrogens is 2. The topological polar surface area (TPSA) is 66.3 Å². The van der Waals surface area contributed by atoms with Crippen LogP contribution in [-0.2, 0) is 12.6 Å². The van der Waals surface area contributed by atoms with Crippen molar-refractivity contribution in [1.29, 1.82) is 5.26 Å². The molecule has 0 fully saturated rings. The Kier molecular flexibility index (Phi) is 6.23. The summed E-state index contributed by atoms with van der Waals surface area (Å²) in [6.07, 6.45) is -0.591. The fraction of sp³-hybridized carbons (Fsp3) is 0.222. The first-order valence-corrected chi connectivity index (χ1v) is 7.81. The van der Waals surface area contributed by atoms with Gasteiger partial charge in [0.15, 0.2) is 0 Å². The summed E-state index contributed by atoms with van der Waals surface area (Å²) < 4.78 is 54.1. The molecule has 27 heavy (non-hydrogen) atoms. The van der Waals surface area contributed by atoms with Crippen molar-refractivity contribution in [3.05, 3.63) is 47.5 Å². The molecule has 0 aliphatic rings. The highest BCUT2D eigenvalue weighted by atomic mass is 19.4. The van der Waals surface area contributed by atoms with Crippen LogP contribution >= 0.6 is 0 Å². The molecule has 0 saturated heterocycles. The summed E-state index contributed by atoms with van der Waals surface area (Å²) >= 11 is 0. The quantitative estimate of drug-likeness (QED) is 0.554. The van der Waals surface area contributed by atoms with E-state index < -0.39 is 17.6 Å². The zero-order valence-corrected chi connectivity index (χ0v) is 14.3. The predicted molar refractivity (Wildman–Crippen MR) is 94.8 cm³/mol. The van der Waals surface area contributed by atoms with Gasteiger partial charge in [0.2, 0.25) is 0 Å². The van der Waals surface area contributed by atoms with Crippen LogP contribution in [0.1, 0.15) is 18.2 Å². The lowest BCUT2D eigenvalue weighted by molar-refractivity contribution is -0.139. The van der Waals surface area contributed by atoms with Crippen molar-refractivity contribution < 1.29 is 17.6 Å². The molecule has 2 aromatic rings. The number of nitriles is 1. The molecule has 0 aliphatic heterocycles. The van der Waals surface area contributed by atoms with Crippen LogP contribution in [0.5, 0.6) is 0 Å². The van der Waals surface area contributed by atoms with Crippen LogP contribution in [0.3, 0.4) is 0 Å². The van der Waals surface area contributed by atoms with E-state index in [-0.39, 0.29) is 23.6 Å². The fourth-order valence-electron chi connectivity index (χ4n) is 2.36. The molecule has 1 aromatic carbocycles. The highest BCUT2D eigenvalue weighted by molar-refractivity contribution is 5.81. The van der Waals surface area contributed by atoms with Crippen molar-refractivity contribution in [2.75, 3.05) is 6.54 Å². The molecule has 0 spiro atoms. The highest BCUT2D eigenvalue weighted by Crippen LogP contribution is 2.34. The number of allylic oxidation sites excluding steroid dienone is 1. The van der Waals surface area contributed by atoms with E-state index in [0.717, 1.165) is 6.07 Å². The average molecular weight is 377 g/mol. The summed E-state index contributed by atoms with van der Waals surface area (Å²) in [4.78, 5) is 12.0. The van der Waals surface area contributed by atoms with Crippen LogP contribution in [0.2, 0.25) is 0 Å². The van der Waals surface area contributed by atoms with Crippen LogP contribution in [-0.4, -0.2) is 29.0 Å². The van der Waals surface area contributed by atoms with Gasteiger partial charge in [-0.1, -0.05) is 0 Å². The number of hydrogen-bond donors (Lipinski definition) is 0. The third-order valence-corrected chi connectivity index (χ3v) is 3.53. The van der Waals surface area contributed by atoms with Gasteiger partial charge in [-0.25, -0.2) is 14.4 Å². The molecule has 0 radical (unpaired) electrons. The van der Waals surface area contributed by atoms with Crippen LogP contribution in [0.4, 0.5) is 17.6 Å². The van der Waals surface area contributed by atoms with Crippen LogP contribution in [0.25, 0.3) is 17.2 Å². The number of hydrogen-bond acceptors (Lipinski definition) is 4. The SMILES string of the molecule is C=N/C(=C\C=NCC)n1c(CC#N)cnc1-c1ccc(F)c(C(F)(F)F)c1. The van der Waals surface area contributed by atoms with Gasteiger partial charge in [-0.2, -0.15) is 18.4 Å². The molecule has 0 atom stereocenters. The summed E-state index contributed by atoms with van der Waals surface area (Å²) in [6.45, 7) is 5.80. The molecule has 0 N–H and O–H groups in total. The third kappa shape index (κ3) is 4.47. The summed E-state index contributed by atoms with van der Waals surface area (Å²) in [5.74, 6) is -1.08. The molecule has 0 bridgehead atoms. The standard InChI is InChI=1S/C18H15F4N5/c1-3-25-9-7-16(24-2)27-13(6-8-23)11-26-17(27)12-4-5-15(19)14(10-12)18(20,21)22/h4-5,7,9-11H,2-3,6H2,1H3/b16-7+,25-9?. The second-order valence-corrected chi connectivity index (χ2v) is 5.27. The van der Waals surface area contributed by atoms with E-state index in [0.29, 0.717) is 18.3 Å². The number of alkyl halides is 3. The maximum absolute atomic E-state index is 13.6. The molecule has 0 saturated carbocycles. The molecular formula is C18H15F4N5. The van der Waals surface area contributed by atoms with Crippen molar-refractivity contribution in [3.8, 4) is 17.5 Å². The average Bonchev–Trinajstić information content (AvgIpc) is 3.02. The number of aliphatic imine (C=N–C) groups is 2. The molecule has 0 amide bonds. The molecule has 0 unspecified atom stereocenters. The monoisotopic (exact) mass is 377 g/mol. The number of halogens is 4. The Morgan fingerprint density at radius 2 is 2.15 bits per heavy atom. The fourth-order valence-corrected chi connectivity index (χ4v) is 2.36. The van der Waals surface area contributed by atoms with Crippen LogP contribution in [0, 0.1) is 17.1 Å². The van der Waals surface area contributed by atoms with E-state index in [1.54, 1.807) is 0 Å². The predicted octanol–water partition coefficient (Wildman–Crippen LogP) is 4.36. The van der Waals surface area contributed by atoms with E-state index in [2.05, 4.69) is 21.7 Å². The maximum atomic E-state index is 13.6. The lowest BCUT2D eigenvalue weighted by Gasteiger charge is -2.13. The van der Waals surface area contributed by atoms with Gasteiger partial charge in [-0.3, -0.25) is 9.56 Å². The number of rotatable bonds is 6. The minimum atomic E-state index is -4.85. The molecule has 1 aromatic heterocycles. The van der Waals surface area contributed by atoms with Gasteiger partial charge < -0.3 is 0 Å². The van der Waals surface area contributed by atoms with Gasteiger partial charge in [0.05, 0.1) is 29.9 Å². The molecule has 2 rings (SSSR count). The summed E-state index contributed by atoms with van der Waals surface area (Å²) in [6, 6.07) is 4.54. The Morgan fingerprint density at radius 3 is 2.74 bits per heavy atom. The minimum absolute atomic E-state index is 0.0231. The van der Waals surface area contributed by atoms with E-state index >= 15 is 0 Å². The van der Waals surface area contributed by atoms with Crippen molar-refractivity contribution in [2.45, 2.75) is 19.5 Å². The zero-order valence-electron chi connectivity index (χ0n) is 14.3. The molecule has 9 heteroatoms. The van der Waals surface area contributed by atoms with Gasteiger partial charge in [0, 0.05) is 18.3 Å². The van der Waals surface area contributed by atoms with Crippen LogP contribution in [0.15, 0.2) is 40.5 Å². The van der Waals surface area contributed by atoms with Crippen molar-refractivity contribution in [3.63, 3.8) is 0 Å². The second kappa shape index (κ2) is 8.40. The molecule has 1 heterocycles. The number of imidazole rings is 1. The van der Waals surface area contributed by atoms with Crippen LogP contribution < -0.4 is 0 Å². The Bertz CT molecular complexity index is 932. The number of benzene rings is 1. The summed E-state index contributed by atoms with van der Waals surface area (Å²) in [7, 11) is 0. The lowest BCUT2D eigenvalue weighted by Crippen LogP contribution is -2.09. The largest absolute Gasteiger partial charge is 0.419 e. The Labute approximate surface area is 153 Å². The maximum Gasteiger partial charge on any atom is 0.419 e. The first-order valence-electron chi connectivity index (χ1n) is 7.81. The molecular weight excluding hydrogens is 362 g/mol. The van der Waals surface area contributed by atoms with Gasteiger partial charge in [0.25, 0.3) is 0 Å². The van der Waals surface area contributed by atoms with Crippen molar-refractivity contribution >= 4 is 18.8 Å². The van der Waals surface area contributed by atoms with Gasteiger partial charge in [-0.05, 0) is 37.9 Å². The van der Waals surface area contributed by atoms with Gasteiger partial charge >= 0.3 is 6.18 Å². The summed E-state index contributed by atoms with van der Waals surface area (Å²) in [5, 5.41) is 9.00. The van der Waals surface area contributed by atoms with E-state index in [1.165, 1.54) is 29.1 Å². The van der Waals surface area contributed by atoms with Crippen molar-refractivity contribution in [2.24, 2.45) is 9.98 Å². The number of nitrogens with zero attached hydrogens (tertiary/aromatic N) is 5. The second-order valence-electron chi connectivity index (χ2n) is 5.27.